The molecule has 0 radical (unpaired) electrons. The summed E-state index contributed by atoms with van der Waals surface area (Å²) < 4.78 is 0. The summed E-state index contributed by atoms with van der Waals surface area (Å²) in [6.45, 7) is 8.23. The summed E-state index contributed by atoms with van der Waals surface area (Å²) in [6.07, 6.45) is 11.2. The molecule has 1 N–H and O–H groups in total. The van der Waals surface area contributed by atoms with E-state index in [4.69, 9.17) is 0 Å². The second-order valence-electron chi connectivity index (χ2n) is 4.46. The van der Waals surface area contributed by atoms with Gasteiger partial charge in [-0.2, -0.15) is 0 Å². The Bertz CT molecular complexity index is 142. The minimum absolute atomic E-state index is 0.161. The monoisotopic (exact) mass is 212 g/mol. The normalized spacial score (nSPS) is 14.9. The van der Waals surface area contributed by atoms with Crippen molar-refractivity contribution < 1.29 is 5.11 Å². The van der Waals surface area contributed by atoms with Crippen molar-refractivity contribution in [3.05, 3.63) is 12.7 Å². The van der Waals surface area contributed by atoms with Gasteiger partial charge in [0.1, 0.15) is 0 Å². The summed E-state index contributed by atoms with van der Waals surface area (Å²) in [5.41, 5.74) is 0. The highest BCUT2D eigenvalue weighted by atomic mass is 16.3. The molecule has 0 aromatic rings. The molecule has 0 aliphatic rings. The van der Waals surface area contributed by atoms with Crippen LogP contribution in [0.3, 0.4) is 0 Å². The molecule has 0 aliphatic heterocycles. The SMILES string of the molecule is C=C[C@H](CCCCC)[C@@H](O)CCCCC. The van der Waals surface area contributed by atoms with E-state index in [0.29, 0.717) is 5.92 Å². The predicted molar refractivity (Wildman–Crippen MR) is 68.0 cm³/mol. The van der Waals surface area contributed by atoms with Gasteiger partial charge in [0.05, 0.1) is 6.10 Å². The smallest absolute Gasteiger partial charge is 0.0602 e. The number of rotatable bonds is 10. The Balaban J connectivity index is 3.67. The standard InChI is InChI=1S/C14H28O/c1-4-7-9-11-13(6-3)14(15)12-10-8-5-2/h6,13-15H,3-5,7-12H2,1-2H3/t13-,14+/m1/s1. The Hall–Kier alpha value is -0.300. The minimum atomic E-state index is -0.161. The molecule has 0 aromatic heterocycles. The summed E-state index contributed by atoms with van der Waals surface area (Å²) in [7, 11) is 0. The first kappa shape index (κ1) is 14.7. The summed E-state index contributed by atoms with van der Waals surface area (Å²) in [5.74, 6) is 0.313. The molecular formula is C14H28O. The van der Waals surface area contributed by atoms with Crippen molar-refractivity contribution >= 4 is 0 Å². The topological polar surface area (TPSA) is 20.2 Å². The van der Waals surface area contributed by atoms with Gasteiger partial charge in [0.15, 0.2) is 0 Å². The first-order chi connectivity index (χ1) is 7.26. The molecule has 0 bridgehead atoms. The molecule has 0 spiro atoms. The highest BCUT2D eigenvalue weighted by Gasteiger charge is 2.14. The first-order valence-corrected chi connectivity index (χ1v) is 6.56. The number of aliphatic hydroxyl groups is 1. The fourth-order valence-corrected chi connectivity index (χ4v) is 1.91. The third-order valence-corrected chi connectivity index (χ3v) is 3.04. The molecule has 0 saturated carbocycles. The lowest BCUT2D eigenvalue weighted by Crippen LogP contribution is -2.18. The maximum atomic E-state index is 9.96. The van der Waals surface area contributed by atoms with E-state index in [-0.39, 0.29) is 6.10 Å². The van der Waals surface area contributed by atoms with Crippen LogP contribution in [0.15, 0.2) is 12.7 Å². The van der Waals surface area contributed by atoms with E-state index in [0.717, 1.165) is 19.3 Å². The van der Waals surface area contributed by atoms with Gasteiger partial charge in [-0.3, -0.25) is 0 Å². The van der Waals surface area contributed by atoms with Gasteiger partial charge in [0.2, 0.25) is 0 Å². The number of hydrogen-bond acceptors (Lipinski definition) is 1. The second-order valence-corrected chi connectivity index (χ2v) is 4.46. The number of hydrogen-bond donors (Lipinski definition) is 1. The van der Waals surface area contributed by atoms with Gasteiger partial charge < -0.3 is 5.11 Å². The lowest BCUT2D eigenvalue weighted by Gasteiger charge is -2.19. The van der Waals surface area contributed by atoms with Crippen LogP contribution in [-0.4, -0.2) is 11.2 Å². The third-order valence-electron chi connectivity index (χ3n) is 3.04. The molecule has 0 aromatic carbocycles. The molecule has 90 valence electrons. The number of aliphatic hydroxyl groups excluding tert-OH is 1. The second kappa shape index (κ2) is 10.2. The fourth-order valence-electron chi connectivity index (χ4n) is 1.91. The van der Waals surface area contributed by atoms with Gasteiger partial charge in [0.25, 0.3) is 0 Å². The molecule has 1 heteroatoms. The van der Waals surface area contributed by atoms with Crippen LogP contribution in [-0.2, 0) is 0 Å². The van der Waals surface area contributed by atoms with Crippen LogP contribution >= 0.6 is 0 Å². The molecule has 0 fully saturated rings. The quantitative estimate of drug-likeness (QED) is 0.422. The van der Waals surface area contributed by atoms with Crippen molar-refractivity contribution in [3.8, 4) is 0 Å². The van der Waals surface area contributed by atoms with Crippen molar-refractivity contribution in [2.24, 2.45) is 5.92 Å². The average Bonchev–Trinajstić information content (AvgIpc) is 2.24. The lowest BCUT2D eigenvalue weighted by molar-refractivity contribution is 0.112. The van der Waals surface area contributed by atoms with Crippen LogP contribution in [0.25, 0.3) is 0 Å². The first-order valence-electron chi connectivity index (χ1n) is 6.56. The summed E-state index contributed by atoms with van der Waals surface area (Å²) in [4.78, 5) is 0. The Kier molecular flexibility index (Phi) is 10.0. The largest absolute Gasteiger partial charge is 0.393 e. The van der Waals surface area contributed by atoms with Crippen LogP contribution in [0.2, 0.25) is 0 Å². The summed E-state index contributed by atoms with van der Waals surface area (Å²) in [5, 5.41) is 9.96. The minimum Gasteiger partial charge on any atom is -0.393 e. The van der Waals surface area contributed by atoms with E-state index in [1.165, 1.54) is 32.1 Å². The predicted octanol–water partition coefficient (Wildman–Crippen LogP) is 4.31. The van der Waals surface area contributed by atoms with Crippen LogP contribution in [0.1, 0.15) is 65.2 Å². The van der Waals surface area contributed by atoms with Crippen molar-refractivity contribution in [2.45, 2.75) is 71.3 Å². The maximum Gasteiger partial charge on any atom is 0.0602 e. The summed E-state index contributed by atoms with van der Waals surface area (Å²) in [6, 6.07) is 0. The molecule has 0 unspecified atom stereocenters. The van der Waals surface area contributed by atoms with Crippen molar-refractivity contribution in [2.75, 3.05) is 0 Å². The Morgan fingerprint density at radius 1 is 1.00 bits per heavy atom. The molecule has 1 nitrogen and oxygen atoms in total. The highest BCUT2D eigenvalue weighted by Crippen LogP contribution is 2.19. The van der Waals surface area contributed by atoms with Crippen molar-refractivity contribution in [1.82, 2.24) is 0 Å². The zero-order valence-corrected chi connectivity index (χ0v) is 10.5. The molecule has 0 rings (SSSR count). The lowest BCUT2D eigenvalue weighted by atomic mass is 9.92. The van der Waals surface area contributed by atoms with Crippen LogP contribution in [0.5, 0.6) is 0 Å². The Morgan fingerprint density at radius 2 is 1.53 bits per heavy atom. The molecule has 0 amide bonds. The molecular weight excluding hydrogens is 184 g/mol. The zero-order valence-electron chi connectivity index (χ0n) is 10.5. The van der Waals surface area contributed by atoms with Crippen molar-refractivity contribution in [3.63, 3.8) is 0 Å². The van der Waals surface area contributed by atoms with Gasteiger partial charge in [-0.25, -0.2) is 0 Å². The number of unbranched alkanes of at least 4 members (excludes halogenated alkanes) is 4. The molecule has 2 atom stereocenters. The molecule has 0 aliphatic carbocycles. The van der Waals surface area contributed by atoms with E-state index in [9.17, 15) is 5.11 Å². The fraction of sp³-hybridized carbons (Fsp3) is 0.857. The van der Waals surface area contributed by atoms with Gasteiger partial charge in [-0.15, -0.1) is 6.58 Å². The van der Waals surface area contributed by atoms with E-state index < -0.39 is 0 Å². The van der Waals surface area contributed by atoms with E-state index in [1.807, 2.05) is 6.08 Å². The molecule has 0 heterocycles. The van der Waals surface area contributed by atoms with Gasteiger partial charge in [0, 0.05) is 5.92 Å². The van der Waals surface area contributed by atoms with Gasteiger partial charge >= 0.3 is 0 Å². The highest BCUT2D eigenvalue weighted by molar-refractivity contribution is 4.84. The van der Waals surface area contributed by atoms with Crippen LogP contribution in [0, 0.1) is 5.92 Å². The van der Waals surface area contributed by atoms with Gasteiger partial charge in [-0.1, -0.05) is 58.4 Å². The maximum absolute atomic E-state index is 9.96. The Labute approximate surface area is 95.6 Å². The van der Waals surface area contributed by atoms with E-state index in [1.54, 1.807) is 0 Å². The third kappa shape index (κ3) is 7.61. The summed E-state index contributed by atoms with van der Waals surface area (Å²) >= 11 is 0. The van der Waals surface area contributed by atoms with Crippen molar-refractivity contribution in [1.29, 1.82) is 0 Å². The van der Waals surface area contributed by atoms with Crippen LogP contribution in [0.4, 0.5) is 0 Å². The van der Waals surface area contributed by atoms with Crippen LogP contribution < -0.4 is 0 Å². The average molecular weight is 212 g/mol. The zero-order chi connectivity index (χ0) is 11.5. The van der Waals surface area contributed by atoms with E-state index in [2.05, 4.69) is 20.4 Å². The van der Waals surface area contributed by atoms with Gasteiger partial charge in [-0.05, 0) is 12.8 Å². The molecule has 15 heavy (non-hydrogen) atoms. The van der Waals surface area contributed by atoms with E-state index >= 15 is 0 Å². The Morgan fingerprint density at radius 3 is 2.00 bits per heavy atom. The molecule has 0 saturated heterocycles.